The summed E-state index contributed by atoms with van der Waals surface area (Å²) in [4.78, 5) is 12.2. The summed E-state index contributed by atoms with van der Waals surface area (Å²) in [5.74, 6) is 1.65. The van der Waals surface area contributed by atoms with Gasteiger partial charge in [-0.05, 0) is 35.9 Å². The van der Waals surface area contributed by atoms with E-state index in [1.807, 2.05) is 36.4 Å². The molecule has 0 aliphatic heterocycles. The largest absolute Gasteiger partial charge is 0.497 e. The number of hydrogen-bond donors (Lipinski definition) is 2. The lowest BCUT2D eigenvalue weighted by Crippen LogP contribution is -2.02. The highest BCUT2D eigenvalue weighted by Gasteiger charge is 2.10. The molecule has 0 bridgehead atoms. The van der Waals surface area contributed by atoms with Gasteiger partial charge in [0.2, 0.25) is 0 Å². The highest BCUT2D eigenvalue weighted by atomic mass is 79.9. The molecule has 120 valence electrons. The average molecular weight is 383 g/mol. The van der Waals surface area contributed by atoms with Gasteiger partial charge in [0.25, 0.3) is 0 Å². The van der Waals surface area contributed by atoms with Gasteiger partial charge in [0.1, 0.15) is 23.1 Å². The number of halogens is 1. The average Bonchev–Trinajstić information content (AvgIpc) is 2.99. The number of methoxy groups -OCH3 is 1. The quantitative estimate of drug-likeness (QED) is 0.545. The molecule has 0 saturated carbocycles. The van der Waals surface area contributed by atoms with Crippen LogP contribution in [0.15, 0.2) is 53.3 Å². The van der Waals surface area contributed by atoms with E-state index in [2.05, 4.69) is 42.3 Å². The zero-order chi connectivity index (χ0) is 16.5. The van der Waals surface area contributed by atoms with E-state index in [0.29, 0.717) is 6.54 Å². The number of fused-ring (bicyclic) bond motifs is 3. The van der Waals surface area contributed by atoms with E-state index in [4.69, 9.17) is 4.74 Å². The lowest BCUT2D eigenvalue weighted by molar-refractivity contribution is 0.414. The SMILES string of the molecule is COc1ccc(CNc2ncnc3c2[nH]c2ccc(Br)cc23)cc1. The first-order valence-corrected chi connectivity index (χ1v) is 8.32. The van der Waals surface area contributed by atoms with E-state index >= 15 is 0 Å². The molecule has 0 unspecified atom stereocenters. The van der Waals surface area contributed by atoms with Crippen LogP contribution >= 0.6 is 15.9 Å². The summed E-state index contributed by atoms with van der Waals surface area (Å²) < 4.78 is 6.21. The summed E-state index contributed by atoms with van der Waals surface area (Å²) >= 11 is 3.51. The first-order chi connectivity index (χ1) is 11.7. The Balaban J connectivity index is 1.67. The molecular formula is C18H15BrN4O. The molecule has 4 rings (SSSR count). The third kappa shape index (κ3) is 2.69. The standard InChI is InChI=1S/C18H15BrN4O/c1-24-13-5-2-11(3-6-13)9-20-18-17-16(21-10-22-18)14-8-12(19)4-7-15(14)23-17/h2-8,10,23H,9H2,1H3,(H,20,21,22). The van der Waals surface area contributed by atoms with Gasteiger partial charge in [-0.15, -0.1) is 0 Å². The molecule has 5 nitrogen and oxygen atoms in total. The van der Waals surface area contributed by atoms with E-state index < -0.39 is 0 Å². The summed E-state index contributed by atoms with van der Waals surface area (Å²) in [6.07, 6.45) is 1.59. The molecule has 0 amide bonds. The van der Waals surface area contributed by atoms with E-state index in [1.165, 1.54) is 0 Å². The Bertz CT molecular complexity index is 1010. The van der Waals surface area contributed by atoms with Crippen LogP contribution in [0.4, 0.5) is 5.82 Å². The van der Waals surface area contributed by atoms with Crippen LogP contribution in [0.3, 0.4) is 0 Å². The number of rotatable bonds is 4. The minimum atomic E-state index is 0.676. The maximum atomic E-state index is 5.18. The second-order valence-corrected chi connectivity index (χ2v) is 6.38. The molecule has 2 heterocycles. The van der Waals surface area contributed by atoms with Gasteiger partial charge in [0.05, 0.1) is 7.11 Å². The summed E-state index contributed by atoms with van der Waals surface area (Å²) in [7, 11) is 1.67. The van der Waals surface area contributed by atoms with Gasteiger partial charge < -0.3 is 15.0 Å². The van der Waals surface area contributed by atoms with Crippen molar-refractivity contribution in [3.63, 3.8) is 0 Å². The topological polar surface area (TPSA) is 62.8 Å². The Kier molecular flexibility index (Phi) is 3.82. The predicted molar refractivity (Wildman–Crippen MR) is 99.4 cm³/mol. The van der Waals surface area contributed by atoms with Crippen LogP contribution in [0.25, 0.3) is 21.9 Å². The molecule has 2 aromatic heterocycles. The zero-order valence-corrected chi connectivity index (χ0v) is 14.6. The predicted octanol–water partition coefficient (Wildman–Crippen LogP) is 4.49. The van der Waals surface area contributed by atoms with Crippen molar-refractivity contribution < 1.29 is 4.74 Å². The fourth-order valence-corrected chi connectivity index (χ4v) is 3.09. The third-order valence-corrected chi connectivity index (χ3v) is 4.46. The Labute approximate surface area is 147 Å². The number of ether oxygens (including phenoxy) is 1. The fraction of sp³-hybridized carbons (Fsp3) is 0.111. The van der Waals surface area contributed by atoms with Gasteiger partial charge in [0.15, 0.2) is 5.82 Å². The molecule has 24 heavy (non-hydrogen) atoms. The van der Waals surface area contributed by atoms with Crippen LogP contribution in [-0.2, 0) is 6.54 Å². The molecule has 0 saturated heterocycles. The number of nitrogens with one attached hydrogen (secondary N) is 2. The highest BCUT2D eigenvalue weighted by Crippen LogP contribution is 2.29. The van der Waals surface area contributed by atoms with Crippen LogP contribution in [0, 0.1) is 0 Å². The second kappa shape index (κ2) is 6.13. The minimum Gasteiger partial charge on any atom is -0.497 e. The Morgan fingerprint density at radius 2 is 1.96 bits per heavy atom. The van der Waals surface area contributed by atoms with Gasteiger partial charge in [-0.3, -0.25) is 0 Å². The molecule has 0 fully saturated rings. The van der Waals surface area contributed by atoms with Gasteiger partial charge in [-0.2, -0.15) is 0 Å². The minimum absolute atomic E-state index is 0.676. The Morgan fingerprint density at radius 1 is 1.12 bits per heavy atom. The van der Waals surface area contributed by atoms with Crippen molar-refractivity contribution in [3.8, 4) is 5.75 Å². The number of hydrogen-bond acceptors (Lipinski definition) is 4. The monoisotopic (exact) mass is 382 g/mol. The number of aromatic nitrogens is 3. The molecule has 0 aliphatic carbocycles. The smallest absolute Gasteiger partial charge is 0.154 e. The van der Waals surface area contributed by atoms with Gasteiger partial charge >= 0.3 is 0 Å². The lowest BCUT2D eigenvalue weighted by Gasteiger charge is -2.07. The molecule has 2 aromatic carbocycles. The highest BCUT2D eigenvalue weighted by molar-refractivity contribution is 9.10. The Morgan fingerprint density at radius 3 is 2.75 bits per heavy atom. The van der Waals surface area contributed by atoms with Crippen molar-refractivity contribution in [2.75, 3.05) is 12.4 Å². The van der Waals surface area contributed by atoms with Crippen LogP contribution in [0.5, 0.6) is 5.75 Å². The van der Waals surface area contributed by atoms with Gasteiger partial charge in [-0.1, -0.05) is 28.1 Å². The second-order valence-electron chi connectivity index (χ2n) is 5.46. The number of anilines is 1. The summed E-state index contributed by atoms with van der Waals surface area (Å²) in [6.45, 7) is 0.676. The van der Waals surface area contributed by atoms with Crippen molar-refractivity contribution in [2.24, 2.45) is 0 Å². The fourth-order valence-electron chi connectivity index (χ4n) is 2.73. The van der Waals surface area contributed by atoms with Crippen molar-refractivity contribution in [3.05, 3.63) is 58.8 Å². The first-order valence-electron chi connectivity index (χ1n) is 7.53. The van der Waals surface area contributed by atoms with E-state index in [9.17, 15) is 0 Å². The zero-order valence-electron chi connectivity index (χ0n) is 13.0. The number of nitrogens with zero attached hydrogens (tertiary/aromatic N) is 2. The van der Waals surface area contributed by atoms with Crippen molar-refractivity contribution in [2.45, 2.75) is 6.54 Å². The van der Waals surface area contributed by atoms with Gasteiger partial charge in [-0.25, -0.2) is 9.97 Å². The maximum Gasteiger partial charge on any atom is 0.154 e. The van der Waals surface area contributed by atoms with Crippen molar-refractivity contribution >= 4 is 43.7 Å². The molecule has 6 heteroatoms. The molecule has 0 aliphatic rings. The van der Waals surface area contributed by atoms with Crippen LogP contribution in [0.2, 0.25) is 0 Å². The molecular weight excluding hydrogens is 368 g/mol. The van der Waals surface area contributed by atoms with Crippen LogP contribution < -0.4 is 10.1 Å². The van der Waals surface area contributed by atoms with Crippen molar-refractivity contribution in [1.82, 2.24) is 15.0 Å². The van der Waals surface area contributed by atoms with Gasteiger partial charge in [0, 0.05) is 21.9 Å². The molecule has 4 aromatic rings. The molecule has 0 atom stereocenters. The maximum absolute atomic E-state index is 5.18. The molecule has 0 spiro atoms. The summed E-state index contributed by atoms with van der Waals surface area (Å²) in [6, 6.07) is 14.1. The summed E-state index contributed by atoms with van der Waals surface area (Å²) in [5, 5.41) is 4.46. The van der Waals surface area contributed by atoms with E-state index in [0.717, 1.165) is 43.5 Å². The molecule has 2 N–H and O–H groups in total. The number of aromatic amines is 1. The van der Waals surface area contributed by atoms with Crippen LogP contribution in [-0.4, -0.2) is 22.1 Å². The third-order valence-electron chi connectivity index (χ3n) is 3.96. The van der Waals surface area contributed by atoms with E-state index in [-0.39, 0.29) is 0 Å². The summed E-state index contributed by atoms with van der Waals surface area (Å²) in [5.41, 5.74) is 4.03. The first kappa shape index (κ1) is 15.0. The normalized spacial score (nSPS) is 11.1. The van der Waals surface area contributed by atoms with E-state index in [1.54, 1.807) is 13.4 Å². The number of H-pyrrole nitrogens is 1. The Hall–Kier alpha value is -2.60. The lowest BCUT2D eigenvalue weighted by atomic mass is 10.2. The molecule has 0 radical (unpaired) electrons. The van der Waals surface area contributed by atoms with Crippen molar-refractivity contribution in [1.29, 1.82) is 0 Å². The number of benzene rings is 2. The van der Waals surface area contributed by atoms with Crippen LogP contribution in [0.1, 0.15) is 5.56 Å².